The van der Waals surface area contributed by atoms with E-state index in [1.165, 1.54) is 0 Å². The van der Waals surface area contributed by atoms with Crippen molar-refractivity contribution in [3.8, 4) is 11.4 Å². The molecule has 178 valence electrons. The fourth-order valence-corrected chi connectivity index (χ4v) is 4.88. The third kappa shape index (κ3) is 3.85. The molecule has 0 bridgehead atoms. The van der Waals surface area contributed by atoms with Gasteiger partial charge in [0.25, 0.3) is 0 Å². The van der Waals surface area contributed by atoms with Crippen LogP contribution in [0, 0.1) is 12.8 Å². The van der Waals surface area contributed by atoms with Gasteiger partial charge in [0.1, 0.15) is 17.5 Å². The van der Waals surface area contributed by atoms with Gasteiger partial charge in [-0.25, -0.2) is 9.97 Å². The molecule has 1 amide bonds. The van der Waals surface area contributed by atoms with E-state index < -0.39 is 0 Å². The van der Waals surface area contributed by atoms with E-state index >= 15 is 0 Å². The number of hydrogen-bond donors (Lipinski definition) is 1. The molecule has 0 radical (unpaired) electrons. The number of anilines is 4. The molecule has 1 unspecified atom stereocenters. The smallest absolute Gasteiger partial charge is 0.249 e. The average Bonchev–Trinajstić information content (AvgIpc) is 3.46. The molecule has 1 saturated heterocycles. The molecule has 4 heterocycles. The highest BCUT2D eigenvalue weighted by Crippen LogP contribution is 2.41. The predicted octanol–water partition coefficient (Wildman–Crippen LogP) is 3.87. The number of aromatic nitrogens is 4. The lowest BCUT2D eigenvalue weighted by Gasteiger charge is -2.38. The van der Waals surface area contributed by atoms with Crippen LogP contribution in [0.25, 0.3) is 5.69 Å². The molecule has 9 heteroatoms. The molecule has 2 aliphatic rings. The van der Waals surface area contributed by atoms with E-state index in [0.29, 0.717) is 17.6 Å². The minimum absolute atomic E-state index is 0.134. The van der Waals surface area contributed by atoms with Gasteiger partial charge in [-0.05, 0) is 44.2 Å². The summed E-state index contributed by atoms with van der Waals surface area (Å²) in [5.41, 5.74) is 4.40. The Bertz CT molecular complexity index is 1240. The molecule has 3 aromatic rings. The number of carbonyl (C=O) groups is 1. The number of amides is 1. The van der Waals surface area contributed by atoms with Crippen molar-refractivity contribution in [3.63, 3.8) is 0 Å². The average molecular weight is 462 g/mol. The lowest BCUT2D eigenvalue weighted by molar-refractivity contribution is -0.119. The van der Waals surface area contributed by atoms with E-state index in [1.807, 2.05) is 42.9 Å². The summed E-state index contributed by atoms with van der Waals surface area (Å²) >= 11 is 0. The Morgan fingerprint density at radius 3 is 2.79 bits per heavy atom. The van der Waals surface area contributed by atoms with Gasteiger partial charge in [-0.1, -0.05) is 13.8 Å². The summed E-state index contributed by atoms with van der Waals surface area (Å²) in [5, 5.41) is 3.38. The lowest BCUT2D eigenvalue weighted by Crippen LogP contribution is -2.50. The maximum atomic E-state index is 13.0. The highest BCUT2D eigenvalue weighted by Gasteiger charge is 2.42. The molecule has 9 nitrogen and oxygen atoms in total. The number of methoxy groups -OCH3 is 1. The number of ether oxygens (including phenoxy) is 1. The van der Waals surface area contributed by atoms with Crippen LogP contribution in [0.3, 0.4) is 0 Å². The Morgan fingerprint density at radius 2 is 2.09 bits per heavy atom. The molecular weight excluding hydrogens is 430 g/mol. The highest BCUT2D eigenvalue weighted by molar-refractivity contribution is 6.05. The minimum atomic E-state index is -0.134. The van der Waals surface area contributed by atoms with Crippen LogP contribution in [0.5, 0.6) is 5.75 Å². The van der Waals surface area contributed by atoms with Crippen LogP contribution in [0.15, 0.2) is 30.7 Å². The molecule has 2 aliphatic heterocycles. The first-order chi connectivity index (χ1) is 16.4. The molecule has 0 spiro atoms. The van der Waals surface area contributed by atoms with Gasteiger partial charge < -0.3 is 24.4 Å². The highest BCUT2D eigenvalue weighted by atomic mass is 16.5. The molecule has 0 aliphatic carbocycles. The van der Waals surface area contributed by atoms with Crippen molar-refractivity contribution in [1.29, 1.82) is 0 Å². The Balaban J connectivity index is 1.53. The molecule has 1 N–H and O–H groups in total. The fraction of sp³-hybridized carbons (Fsp3) is 0.440. The minimum Gasteiger partial charge on any atom is -0.494 e. The van der Waals surface area contributed by atoms with Gasteiger partial charge in [0.05, 0.1) is 30.5 Å². The van der Waals surface area contributed by atoms with Crippen LogP contribution < -0.4 is 19.9 Å². The van der Waals surface area contributed by atoms with Gasteiger partial charge in [-0.3, -0.25) is 4.79 Å². The number of nitrogens with zero attached hydrogens (tertiary/aromatic N) is 6. The number of benzene rings is 1. The monoisotopic (exact) mass is 461 g/mol. The molecule has 0 saturated carbocycles. The Kier molecular flexibility index (Phi) is 5.63. The number of hydrogen-bond acceptors (Lipinski definition) is 7. The van der Waals surface area contributed by atoms with Crippen molar-refractivity contribution >= 4 is 29.0 Å². The zero-order valence-corrected chi connectivity index (χ0v) is 20.4. The summed E-state index contributed by atoms with van der Waals surface area (Å²) in [6.07, 6.45) is 6.34. The second-order valence-electron chi connectivity index (χ2n) is 9.45. The van der Waals surface area contributed by atoms with Crippen molar-refractivity contribution < 1.29 is 9.53 Å². The maximum absolute atomic E-state index is 13.0. The van der Waals surface area contributed by atoms with Crippen molar-refractivity contribution in [2.75, 3.05) is 35.8 Å². The van der Waals surface area contributed by atoms with Gasteiger partial charge in [0.15, 0.2) is 5.82 Å². The van der Waals surface area contributed by atoms with Crippen LogP contribution in [0.2, 0.25) is 0 Å². The quantitative estimate of drug-likeness (QED) is 0.596. The molecule has 1 atom stereocenters. The zero-order valence-electron chi connectivity index (χ0n) is 20.4. The van der Waals surface area contributed by atoms with Crippen molar-refractivity contribution in [1.82, 2.24) is 19.5 Å². The van der Waals surface area contributed by atoms with Gasteiger partial charge >= 0.3 is 0 Å². The largest absolute Gasteiger partial charge is 0.494 e. The van der Waals surface area contributed by atoms with Crippen molar-refractivity contribution in [2.45, 2.75) is 46.1 Å². The molecule has 1 fully saturated rings. The van der Waals surface area contributed by atoms with E-state index in [4.69, 9.17) is 14.7 Å². The summed E-state index contributed by atoms with van der Waals surface area (Å²) in [6.45, 7) is 7.11. The predicted molar refractivity (Wildman–Crippen MR) is 132 cm³/mol. The molecule has 5 rings (SSSR count). The normalized spacial score (nSPS) is 17.2. The van der Waals surface area contributed by atoms with Gasteiger partial charge in [0, 0.05) is 31.5 Å². The van der Waals surface area contributed by atoms with Crippen LogP contribution in [0.4, 0.5) is 23.1 Å². The Morgan fingerprint density at radius 1 is 1.26 bits per heavy atom. The number of rotatable bonds is 6. The third-order valence-corrected chi connectivity index (χ3v) is 6.44. The van der Waals surface area contributed by atoms with Crippen LogP contribution in [0.1, 0.15) is 38.1 Å². The number of likely N-dealkylation sites (N-methyl/N-ethyl adjacent to an activating group) is 1. The van der Waals surface area contributed by atoms with E-state index in [0.717, 1.165) is 60.1 Å². The van der Waals surface area contributed by atoms with Crippen molar-refractivity contribution in [2.24, 2.45) is 5.92 Å². The number of carbonyl (C=O) groups excluding carboxylic acids is 1. The van der Waals surface area contributed by atoms with Gasteiger partial charge in [-0.2, -0.15) is 4.98 Å². The zero-order chi connectivity index (χ0) is 24.0. The number of fused-ring (bicyclic) bond motifs is 3. The number of aryl methyl sites for hydroxylation is 1. The summed E-state index contributed by atoms with van der Waals surface area (Å²) < 4.78 is 7.59. The first-order valence-electron chi connectivity index (χ1n) is 11.8. The van der Waals surface area contributed by atoms with Crippen molar-refractivity contribution in [3.05, 3.63) is 42.1 Å². The lowest BCUT2D eigenvalue weighted by atomic mass is 10.0. The first-order valence-corrected chi connectivity index (χ1v) is 11.8. The number of nitrogens with one attached hydrogen (secondary N) is 1. The second kappa shape index (κ2) is 8.62. The molecule has 1 aromatic carbocycles. The summed E-state index contributed by atoms with van der Waals surface area (Å²) in [5.74, 6) is 2.61. The SMILES string of the molecule is COc1cc(Nc2nc(CC(C)C)c3c(n2)N2CCCC2C(=O)N3C)ccc1-n1cnc(C)c1. The standard InChI is InChI=1S/C25H31N7O2/c1-15(2)11-18-22-23(32-10-6-7-20(32)24(33)30(22)4)29-25(28-18)27-17-8-9-19(21(12-17)34-5)31-13-16(3)26-14-31/h8-9,12-15,20H,6-7,10-11H2,1-5H3,(H,27,28,29). The van der Waals surface area contributed by atoms with Crippen LogP contribution in [-0.4, -0.2) is 52.2 Å². The van der Waals surface area contributed by atoms with Gasteiger partial charge in [-0.15, -0.1) is 0 Å². The summed E-state index contributed by atoms with van der Waals surface area (Å²) in [4.78, 5) is 31.0. The topological polar surface area (TPSA) is 88.4 Å². The van der Waals surface area contributed by atoms with E-state index in [9.17, 15) is 4.79 Å². The number of imidazole rings is 1. The second-order valence-corrected chi connectivity index (χ2v) is 9.45. The van der Waals surface area contributed by atoms with Crippen LogP contribution in [-0.2, 0) is 11.2 Å². The van der Waals surface area contributed by atoms with E-state index in [1.54, 1.807) is 18.3 Å². The Labute approximate surface area is 199 Å². The van der Waals surface area contributed by atoms with Crippen LogP contribution >= 0.6 is 0 Å². The maximum Gasteiger partial charge on any atom is 0.249 e. The molecule has 34 heavy (non-hydrogen) atoms. The third-order valence-electron chi connectivity index (χ3n) is 6.44. The fourth-order valence-electron chi connectivity index (χ4n) is 4.88. The van der Waals surface area contributed by atoms with Gasteiger partial charge in [0.2, 0.25) is 11.9 Å². The Hall–Kier alpha value is -3.62. The van der Waals surface area contributed by atoms with E-state index in [2.05, 4.69) is 29.0 Å². The molecule has 2 aromatic heterocycles. The molecular formula is C25H31N7O2. The summed E-state index contributed by atoms with van der Waals surface area (Å²) in [7, 11) is 3.50. The van der Waals surface area contributed by atoms with E-state index in [-0.39, 0.29) is 11.9 Å². The first kappa shape index (κ1) is 22.2. The summed E-state index contributed by atoms with van der Waals surface area (Å²) in [6, 6.07) is 5.76.